The highest BCUT2D eigenvalue weighted by atomic mass is 32.1. The molecule has 0 fully saturated rings. The molecule has 0 aliphatic rings. The average Bonchev–Trinajstić information content (AvgIpc) is 3.52. The topological polar surface area (TPSA) is 0 Å². The van der Waals surface area contributed by atoms with E-state index in [1.54, 1.807) is 0 Å². The van der Waals surface area contributed by atoms with Crippen LogP contribution in [0.4, 0.5) is 0 Å². The lowest BCUT2D eigenvalue weighted by atomic mass is 10.1. The van der Waals surface area contributed by atoms with Gasteiger partial charge < -0.3 is 0 Å². The van der Waals surface area contributed by atoms with Crippen LogP contribution in [0.15, 0.2) is 84.9 Å². The smallest absolute Gasteiger partial charge is 0.0535 e. The predicted octanol–water partition coefficient (Wildman–Crippen LogP) is 9.88. The molecule has 0 aliphatic heterocycles. The third-order valence-corrected chi connectivity index (χ3v) is 10.5. The van der Waals surface area contributed by atoms with Crippen LogP contribution in [0.5, 0.6) is 0 Å². The van der Waals surface area contributed by atoms with Crippen molar-refractivity contribution < 1.29 is 0 Å². The molecular formula is C26H14S4. The van der Waals surface area contributed by atoms with Crippen LogP contribution >= 0.6 is 45.3 Å². The summed E-state index contributed by atoms with van der Waals surface area (Å²) in [6.07, 6.45) is 0. The Balaban J connectivity index is 1.28. The van der Waals surface area contributed by atoms with Gasteiger partial charge in [0.2, 0.25) is 0 Å². The number of benzene rings is 3. The monoisotopic (exact) mass is 454 g/mol. The molecule has 7 rings (SSSR count). The van der Waals surface area contributed by atoms with Crippen LogP contribution in [-0.4, -0.2) is 0 Å². The lowest BCUT2D eigenvalue weighted by Gasteiger charge is -2.01. The molecule has 0 radical (unpaired) electrons. The molecule has 0 amide bonds. The van der Waals surface area contributed by atoms with Gasteiger partial charge in [0.15, 0.2) is 0 Å². The highest BCUT2D eigenvalue weighted by Gasteiger charge is 2.13. The minimum Gasteiger partial charge on any atom is -0.134 e. The molecule has 0 nitrogen and oxygen atoms in total. The molecule has 0 spiro atoms. The second-order valence-electron chi connectivity index (χ2n) is 7.38. The van der Waals surface area contributed by atoms with Crippen molar-refractivity contribution in [2.45, 2.75) is 0 Å². The van der Waals surface area contributed by atoms with Crippen LogP contribution in [0.2, 0.25) is 0 Å². The number of rotatable bonds is 2. The van der Waals surface area contributed by atoms with Crippen LogP contribution in [0.1, 0.15) is 0 Å². The maximum absolute atomic E-state index is 2.35. The summed E-state index contributed by atoms with van der Waals surface area (Å²) in [5, 5.41) is 2.77. The van der Waals surface area contributed by atoms with Crippen LogP contribution in [0.3, 0.4) is 0 Å². The van der Waals surface area contributed by atoms with Crippen molar-refractivity contribution in [3.05, 3.63) is 84.9 Å². The van der Waals surface area contributed by atoms with Crippen LogP contribution < -0.4 is 0 Å². The summed E-state index contributed by atoms with van der Waals surface area (Å²) in [4.78, 5) is 2.71. The van der Waals surface area contributed by atoms with E-state index in [4.69, 9.17) is 0 Å². The second kappa shape index (κ2) is 6.50. The molecule has 3 aromatic carbocycles. The Morgan fingerprint density at radius 1 is 0.400 bits per heavy atom. The van der Waals surface area contributed by atoms with E-state index in [0.717, 1.165) is 0 Å². The van der Waals surface area contributed by atoms with Gasteiger partial charge in [-0.25, -0.2) is 0 Å². The van der Waals surface area contributed by atoms with Crippen molar-refractivity contribution in [3.63, 3.8) is 0 Å². The summed E-state index contributed by atoms with van der Waals surface area (Å²) in [6, 6.07) is 31.3. The summed E-state index contributed by atoms with van der Waals surface area (Å²) < 4.78 is 8.38. The van der Waals surface area contributed by atoms with Crippen molar-refractivity contribution in [1.29, 1.82) is 0 Å². The third kappa shape index (κ3) is 2.55. The van der Waals surface area contributed by atoms with E-state index in [2.05, 4.69) is 84.9 Å². The Morgan fingerprint density at radius 2 is 0.833 bits per heavy atom. The zero-order valence-electron chi connectivity index (χ0n) is 15.7. The Kier molecular flexibility index (Phi) is 3.73. The number of fused-ring (bicyclic) bond motifs is 6. The van der Waals surface area contributed by atoms with Gasteiger partial charge in [-0.05, 0) is 35.4 Å². The molecule has 0 atom stereocenters. The van der Waals surface area contributed by atoms with Crippen LogP contribution in [0.25, 0.3) is 59.9 Å². The fourth-order valence-electron chi connectivity index (χ4n) is 4.08. The van der Waals surface area contributed by atoms with Gasteiger partial charge in [0.1, 0.15) is 0 Å². The van der Waals surface area contributed by atoms with Gasteiger partial charge in [0.05, 0.1) is 9.40 Å². The number of hydrogen-bond acceptors (Lipinski definition) is 4. The van der Waals surface area contributed by atoms with E-state index in [-0.39, 0.29) is 0 Å². The Morgan fingerprint density at radius 3 is 1.30 bits per heavy atom. The number of hydrogen-bond donors (Lipinski definition) is 0. The molecular weight excluding hydrogens is 441 g/mol. The first kappa shape index (κ1) is 17.2. The van der Waals surface area contributed by atoms with Crippen molar-refractivity contribution in [3.8, 4) is 20.9 Å². The van der Waals surface area contributed by atoms with Gasteiger partial charge in [-0.15, -0.1) is 45.3 Å². The van der Waals surface area contributed by atoms with Crippen molar-refractivity contribution in [2.24, 2.45) is 0 Å². The molecule has 0 bridgehead atoms. The molecule has 142 valence electrons. The quantitative estimate of drug-likeness (QED) is 0.244. The standard InChI is InChI=1S/C26H14S4/c1-3-7-19-17(5-1)25-23(27-19)13-21(29-25)15-9-11-16(12-10-15)22-14-24-26(30-22)18-6-2-4-8-20(18)28-24/h1-14H. The molecule has 30 heavy (non-hydrogen) atoms. The van der Waals surface area contributed by atoms with Gasteiger partial charge in [-0.2, -0.15) is 0 Å². The molecule has 0 saturated heterocycles. The van der Waals surface area contributed by atoms with Gasteiger partial charge in [-0.1, -0.05) is 60.7 Å². The van der Waals surface area contributed by atoms with Crippen molar-refractivity contribution in [1.82, 2.24) is 0 Å². The van der Waals surface area contributed by atoms with Gasteiger partial charge in [-0.3, -0.25) is 0 Å². The fourth-order valence-corrected chi connectivity index (χ4v) is 9.14. The van der Waals surface area contributed by atoms with Crippen molar-refractivity contribution in [2.75, 3.05) is 0 Å². The molecule has 7 aromatic rings. The van der Waals surface area contributed by atoms with Gasteiger partial charge in [0.25, 0.3) is 0 Å². The van der Waals surface area contributed by atoms with Crippen LogP contribution in [-0.2, 0) is 0 Å². The average molecular weight is 455 g/mol. The predicted molar refractivity (Wildman–Crippen MR) is 139 cm³/mol. The summed E-state index contributed by atoms with van der Waals surface area (Å²) >= 11 is 7.61. The first-order chi connectivity index (χ1) is 14.8. The van der Waals surface area contributed by atoms with Crippen molar-refractivity contribution >= 4 is 84.3 Å². The van der Waals surface area contributed by atoms with E-state index < -0.39 is 0 Å². The van der Waals surface area contributed by atoms with E-state index in [9.17, 15) is 0 Å². The van der Waals surface area contributed by atoms with Gasteiger partial charge in [0, 0.05) is 39.3 Å². The molecule has 0 aliphatic carbocycles. The maximum atomic E-state index is 2.35. The zero-order valence-corrected chi connectivity index (χ0v) is 19.0. The van der Waals surface area contributed by atoms with Crippen LogP contribution in [0, 0.1) is 0 Å². The SMILES string of the molecule is c1ccc2c(c1)sc1cc(-c3ccc(-c4cc5sc6ccccc6c5s4)cc3)sc12. The minimum absolute atomic E-state index is 1.31. The first-order valence-electron chi connectivity index (χ1n) is 9.76. The lowest BCUT2D eigenvalue weighted by molar-refractivity contribution is 1.69. The van der Waals surface area contributed by atoms with E-state index in [1.807, 2.05) is 45.3 Å². The minimum atomic E-state index is 1.31. The summed E-state index contributed by atoms with van der Waals surface area (Å²) in [6.45, 7) is 0. The molecule has 4 heterocycles. The number of thiophene rings is 4. The molecule has 4 aromatic heterocycles. The first-order valence-corrected chi connectivity index (χ1v) is 13.0. The fraction of sp³-hybridized carbons (Fsp3) is 0. The molecule has 4 heteroatoms. The highest BCUT2D eigenvalue weighted by molar-refractivity contribution is 7.34. The van der Waals surface area contributed by atoms with E-state index >= 15 is 0 Å². The van der Waals surface area contributed by atoms with E-state index in [1.165, 1.54) is 59.9 Å². The second-order valence-corrected chi connectivity index (χ2v) is 11.7. The summed E-state index contributed by atoms with van der Waals surface area (Å²) in [7, 11) is 0. The van der Waals surface area contributed by atoms with E-state index in [0.29, 0.717) is 0 Å². The Labute approximate surface area is 189 Å². The summed E-state index contributed by atoms with van der Waals surface area (Å²) in [5.74, 6) is 0. The lowest BCUT2D eigenvalue weighted by Crippen LogP contribution is -1.74. The summed E-state index contributed by atoms with van der Waals surface area (Å²) in [5.41, 5.74) is 2.61. The Bertz CT molecular complexity index is 1560. The molecule has 0 N–H and O–H groups in total. The Hall–Kier alpha value is -2.50. The largest absolute Gasteiger partial charge is 0.134 e. The zero-order chi connectivity index (χ0) is 19.7. The molecule has 0 saturated carbocycles. The third-order valence-electron chi connectivity index (χ3n) is 5.55. The maximum Gasteiger partial charge on any atom is 0.0535 e. The molecule has 0 unspecified atom stereocenters. The highest BCUT2D eigenvalue weighted by Crippen LogP contribution is 2.45. The normalized spacial score (nSPS) is 12.0. The van der Waals surface area contributed by atoms with Gasteiger partial charge >= 0.3 is 0 Å².